The number of Topliss-reactive ketones (excluding diaryl/α,β-unsaturated/α-hetero) is 1. The Morgan fingerprint density at radius 1 is 0.906 bits per heavy atom. The van der Waals surface area contributed by atoms with Crippen molar-refractivity contribution in [2.45, 2.75) is 39.0 Å². The van der Waals surface area contributed by atoms with Crippen molar-refractivity contribution in [1.82, 2.24) is 0 Å². The molecule has 1 N–H and O–H groups in total. The molecule has 0 radical (unpaired) electrons. The summed E-state index contributed by atoms with van der Waals surface area (Å²) in [5.41, 5.74) is -0.585. The van der Waals surface area contributed by atoms with E-state index in [1.165, 1.54) is 6.92 Å². The summed E-state index contributed by atoms with van der Waals surface area (Å²) in [6.45, 7) is 4.83. The smallest absolute Gasteiger partial charge is 0.338 e. The average molecular weight is 437 g/mol. The van der Waals surface area contributed by atoms with Gasteiger partial charge in [0.15, 0.2) is 0 Å². The lowest BCUT2D eigenvalue weighted by Gasteiger charge is -2.46. The van der Waals surface area contributed by atoms with Gasteiger partial charge in [-0.2, -0.15) is 0 Å². The molecule has 0 heterocycles. The van der Waals surface area contributed by atoms with Crippen molar-refractivity contribution in [3.8, 4) is 0 Å². The highest BCUT2D eigenvalue weighted by atomic mass is 16.5. The number of hydrogen-bond donors (Lipinski definition) is 1. The molecule has 3 atom stereocenters. The summed E-state index contributed by atoms with van der Waals surface area (Å²) in [6, 6.07) is 17.9. The number of carbonyl (C=O) groups excluding carboxylic acids is 3. The maximum atomic E-state index is 13.7. The van der Waals surface area contributed by atoms with Crippen LogP contribution in [0.1, 0.15) is 50.2 Å². The highest BCUT2D eigenvalue weighted by Crippen LogP contribution is 2.58. The van der Waals surface area contributed by atoms with E-state index in [2.05, 4.69) is 0 Å². The quantitative estimate of drug-likeness (QED) is 0.509. The zero-order chi connectivity index (χ0) is 23.3. The standard InChI is InChI=1S/C26H28O6/c1-4-31-24(29)22-21(28)16-20(18-12-8-6-9-13-18)26(17(3)27,25(30)32-5-2)23(22)19-14-10-7-11-15-19/h6-15,20,23,28H,4-5,16H2,1-3H3/t20-,23+,26+/m1/s1. The van der Waals surface area contributed by atoms with Gasteiger partial charge >= 0.3 is 11.9 Å². The Morgan fingerprint density at radius 2 is 1.44 bits per heavy atom. The van der Waals surface area contributed by atoms with Crippen LogP contribution in [0.4, 0.5) is 0 Å². The molecule has 0 unspecified atom stereocenters. The second-order valence-corrected chi connectivity index (χ2v) is 7.74. The molecule has 2 aromatic rings. The van der Waals surface area contributed by atoms with Gasteiger partial charge in [0.1, 0.15) is 17.0 Å². The van der Waals surface area contributed by atoms with Crippen molar-refractivity contribution in [2.75, 3.05) is 13.2 Å². The fourth-order valence-electron chi connectivity index (χ4n) is 4.75. The number of allylic oxidation sites excluding steroid dienone is 1. The third-order valence-electron chi connectivity index (χ3n) is 6.03. The van der Waals surface area contributed by atoms with Gasteiger partial charge in [0.2, 0.25) is 0 Å². The van der Waals surface area contributed by atoms with Crippen molar-refractivity contribution >= 4 is 17.7 Å². The van der Waals surface area contributed by atoms with Crippen LogP contribution in [-0.2, 0) is 23.9 Å². The predicted molar refractivity (Wildman–Crippen MR) is 119 cm³/mol. The molecule has 6 heteroatoms. The molecule has 168 valence electrons. The second-order valence-electron chi connectivity index (χ2n) is 7.74. The van der Waals surface area contributed by atoms with E-state index in [0.717, 1.165) is 0 Å². The topological polar surface area (TPSA) is 89.9 Å². The number of carbonyl (C=O) groups is 3. The summed E-state index contributed by atoms with van der Waals surface area (Å²) in [6.07, 6.45) is -0.0696. The molecule has 32 heavy (non-hydrogen) atoms. The van der Waals surface area contributed by atoms with Gasteiger partial charge in [-0.05, 0) is 31.9 Å². The van der Waals surface area contributed by atoms with Gasteiger partial charge in [0.25, 0.3) is 0 Å². The second kappa shape index (κ2) is 9.81. The van der Waals surface area contributed by atoms with Crippen LogP contribution in [0.3, 0.4) is 0 Å². The van der Waals surface area contributed by atoms with Gasteiger partial charge in [-0.1, -0.05) is 60.7 Å². The minimum absolute atomic E-state index is 0.0696. The normalized spacial score (nSPS) is 22.8. The minimum Gasteiger partial charge on any atom is -0.512 e. The molecular formula is C26H28O6. The van der Waals surface area contributed by atoms with Crippen molar-refractivity contribution in [3.63, 3.8) is 0 Å². The first-order chi connectivity index (χ1) is 15.4. The highest BCUT2D eigenvalue weighted by Gasteiger charge is 2.62. The summed E-state index contributed by atoms with van der Waals surface area (Å²) in [4.78, 5) is 40.2. The molecule has 0 aliphatic heterocycles. The number of esters is 2. The summed E-state index contributed by atoms with van der Waals surface area (Å²) in [5.74, 6) is -3.90. The third kappa shape index (κ3) is 3.93. The minimum atomic E-state index is -1.76. The highest BCUT2D eigenvalue weighted by molar-refractivity contribution is 6.08. The Kier molecular flexibility index (Phi) is 7.13. The lowest BCUT2D eigenvalue weighted by Crippen LogP contribution is -2.53. The number of ketones is 1. The molecule has 0 fully saturated rings. The molecule has 3 rings (SSSR count). The molecule has 0 bridgehead atoms. The van der Waals surface area contributed by atoms with Crippen LogP contribution in [-0.4, -0.2) is 36.0 Å². The van der Waals surface area contributed by atoms with E-state index in [1.54, 1.807) is 44.2 Å². The van der Waals surface area contributed by atoms with Crippen molar-refractivity contribution in [2.24, 2.45) is 5.41 Å². The first-order valence-corrected chi connectivity index (χ1v) is 10.8. The van der Waals surface area contributed by atoms with Crippen LogP contribution in [0.2, 0.25) is 0 Å². The Balaban J connectivity index is 2.41. The maximum Gasteiger partial charge on any atom is 0.338 e. The van der Waals surface area contributed by atoms with Crippen molar-refractivity contribution in [3.05, 3.63) is 83.1 Å². The van der Waals surface area contributed by atoms with Gasteiger partial charge in [-0.3, -0.25) is 9.59 Å². The van der Waals surface area contributed by atoms with E-state index >= 15 is 0 Å². The zero-order valence-electron chi connectivity index (χ0n) is 18.5. The van der Waals surface area contributed by atoms with Gasteiger partial charge in [-0.15, -0.1) is 0 Å². The molecule has 0 aromatic heterocycles. The molecule has 1 aliphatic carbocycles. The first-order valence-electron chi connectivity index (χ1n) is 10.8. The predicted octanol–water partition coefficient (Wildman–Crippen LogP) is 4.47. The van der Waals surface area contributed by atoms with E-state index in [4.69, 9.17) is 9.47 Å². The Bertz CT molecular complexity index is 1010. The van der Waals surface area contributed by atoms with Crippen molar-refractivity contribution in [1.29, 1.82) is 0 Å². The van der Waals surface area contributed by atoms with Gasteiger partial charge in [0, 0.05) is 18.3 Å². The number of aliphatic hydroxyl groups excluding tert-OH is 1. The average Bonchev–Trinajstić information content (AvgIpc) is 2.79. The monoisotopic (exact) mass is 436 g/mol. The van der Waals surface area contributed by atoms with E-state index < -0.39 is 35.0 Å². The summed E-state index contributed by atoms with van der Waals surface area (Å²) < 4.78 is 10.7. The van der Waals surface area contributed by atoms with E-state index in [9.17, 15) is 19.5 Å². The summed E-state index contributed by atoms with van der Waals surface area (Å²) in [7, 11) is 0. The van der Waals surface area contributed by atoms with Crippen LogP contribution in [0.15, 0.2) is 72.0 Å². The number of aliphatic hydroxyl groups is 1. The molecule has 0 saturated heterocycles. The third-order valence-corrected chi connectivity index (χ3v) is 6.03. The Hall–Kier alpha value is -3.41. The lowest BCUT2D eigenvalue weighted by atomic mass is 9.54. The zero-order valence-corrected chi connectivity index (χ0v) is 18.5. The molecule has 6 nitrogen and oxygen atoms in total. The molecule has 0 amide bonds. The summed E-state index contributed by atoms with van der Waals surface area (Å²) in [5, 5.41) is 11.1. The van der Waals surface area contributed by atoms with Crippen LogP contribution in [0.5, 0.6) is 0 Å². The van der Waals surface area contributed by atoms with E-state index in [-0.39, 0.29) is 31.0 Å². The molecule has 2 aromatic carbocycles. The molecular weight excluding hydrogens is 408 g/mol. The van der Waals surface area contributed by atoms with E-state index in [1.807, 2.05) is 30.3 Å². The number of hydrogen-bond acceptors (Lipinski definition) is 6. The van der Waals surface area contributed by atoms with Crippen LogP contribution in [0.25, 0.3) is 0 Å². The van der Waals surface area contributed by atoms with Gasteiger partial charge in [0.05, 0.1) is 18.8 Å². The first kappa shape index (κ1) is 23.3. The number of ether oxygens (including phenoxy) is 2. The van der Waals surface area contributed by atoms with E-state index in [0.29, 0.717) is 11.1 Å². The largest absolute Gasteiger partial charge is 0.512 e. The lowest BCUT2D eigenvalue weighted by molar-refractivity contribution is -0.164. The molecule has 0 saturated carbocycles. The fourth-order valence-corrected chi connectivity index (χ4v) is 4.75. The van der Waals surface area contributed by atoms with Crippen LogP contribution >= 0.6 is 0 Å². The Morgan fingerprint density at radius 3 is 1.94 bits per heavy atom. The molecule has 0 spiro atoms. The van der Waals surface area contributed by atoms with Gasteiger partial charge in [-0.25, -0.2) is 4.79 Å². The number of rotatable bonds is 7. The Labute approximate surface area is 187 Å². The fraction of sp³-hybridized carbons (Fsp3) is 0.346. The maximum absolute atomic E-state index is 13.7. The SMILES string of the molecule is CCOC(=O)C1=C(O)C[C@H](c2ccccc2)[C@](C(C)=O)(C(=O)OCC)[C@H]1c1ccccc1. The van der Waals surface area contributed by atoms with Crippen LogP contribution < -0.4 is 0 Å². The summed E-state index contributed by atoms with van der Waals surface area (Å²) >= 11 is 0. The number of benzene rings is 2. The molecule has 1 aliphatic rings. The van der Waals surface area contributed by atoms with Gasteiger partial charge < -0.3 is 14.6 Å². The van der Waals surface area contributed by atoms with Crippen LogP contribution in [0, 0.1) is 5.41 Å². The van der Waals surface area contributed by atoms with Crippen molar-refractivity contribution < 1.29 is 29.0 Å².